The highest BCUT2D eigenvalue weighted by atomic mass is 33.1. The summed E-state index contributed by atoms with van der Waals surface area (Å²) in [5.41, 5.74) is -0.387. The zero-order valence-corrected chi connectivity index (χ0v) is 18.0. The van der Waals surface area contributed by atoms with E-state index in [0.29, 0.717) is 17.1 Å². The van der Waals surface area contributed by atoms with Gasteiger partial charge in [0, 0.05) is 13.5 Å². The third-order valence-electron chi connectivity index (χ3n) is 6.46. The maximum atomic E-state index is 13.6. The summed E-state index contributed by atoms with van der Waals surface area (Å²) in [6.45, 7) is 3.64. The summed E-state index contributed by atoms with van der Waals surface area (Å²) < 4.78 is 16.0. The summed E-state index contributed by atoms with van der Waals surface area (Å²) in [6.07, 6.45) is 0.175. The van der Waals surface area contributed by atoms with Crippen molar-refractivity contribution < 1.29 is 28.6 Å². The number of amides is 2. The van der Waals surface area contributed by atoms with Gasteiger partial charge in [0.25, 0.3) is 11.8 Å². The lowest BCUT2D eigenvalue weighted by atomic mass is 9.78. The second-order valence-corrected chi connectivity index (χ2v) is 10.9. The third-order valence-corrected chi connectivity index (χ3v) is 10.2. The molecule has 29 heavy (non-hydrogen) atoms. The molecule has 0 aliphatic carbocycles. The van der Waals surface area contributed by atoms with Crippen LogP contribution in [0.3, 0.4) is 0 Å². The van der Waals surface area contributed by atoms with Crippen LogP contribution in [0.1, 0.15) is 31.9 Å². The number of carbonyl (C=O) groups is 3. The highest BCUT2D eigenvalue weighted by molar-refractivity contribution is 8.78. The highest BCUT2D eigenvalue weighted by Gasteiger charge is 2.76. The molecular formula is C19H20N2O6S2. The molecule has 6 rings (SSSR count). The molecule has 4 saturated heterocycles. The number of hydrogen-bond acceptors (Lipinski definition) is 8. The largest absolute Gasteiger partial charge is 0.469 e. The fourth-order valence-electron chi connectivity index (χ4n) is 4.82. The molecule has 5 heterocycles. The highest BCUT2D eigenvalue weighted by Crippen LogP contribution is 2.69. The zero-order valence-electron chi connectivity index (χ0n) is 16.4. The van der Waals surface area contributed by atoms with Crippen molar-refractivity contribution in [3.8, 4) is 11.5 Å². The van der Waals surface area contributed by atoms with E-state index in [2.05, 4.69) is 0 Å². The minimum atomic E-state index is -1.15. The molecule has 1 aromatic carbocycles. The molecule has 1 unspecified atom stereocenters. The summed E-state index contributed by atoms with van der Waals surface area (Å²) >= 11 is 0. The van der Waals surface area contributed by atoms with E-state index in [-0.39, 0.29) is 25.0 Å². The molecule has 2 bridgehead atoms. The quantitative estimate of drug-likeness (QED) is 0.515. The standard InChI is InChI=1S/C19H20N2O6S2/c1-17(16(24)25-4)8-19-15(23)20(3)18(2,28-29-19)14(22)21(19)13(17)10-5-6-11-12(7-10)27-9-26-11/h5-7,13H,8-9H2,1-4H3/t13?,17-,18-,19-/m0/s1. The van der Waals surface area contributed by atoms with Gasteiger partial charge in [0.2, 0.25) is 6.79 Å². The molecule has 0 N–H and O–H groups in total. The van der Waals surface area contributed by atoms with Crippen LogP contribution in [0, 0.1) is 5.41 Å². The number of nitrogens with zero attached hydrogens (tertiary/aromatic N) is 2. The fourth-order valence-corrected chi connectivity index (χ4v) is 8.40. The van der Waals surface area contributed by atoms with Crippen molar-refractivity contribution >= 4 is 39.4 Å². The van der Waals surface area contributed by atoms with Gasteiger partial charge in [-0.1, -0.05) is 27.7 Å². The molecule has 154 valence electrons. The lowest BCUT2D eigenvalue weighted by Crippen LogP contribution is -2.73. The van der Waals surface area contributed by atoms with Gasteiger partial charge >= 0.3 is 5.97 Å². The Balaban J connectivity index is 1.72. The maximum Gasteiger partial charge on any atom is 0.314 e. The number of piperazine rings is 1. The SMILES string of the molecule is COC(=O)[C@@]1(C)C[C@@]23SS[C@@](C)(C(=O)N2C1c1ccc2c(c1)OCO2)N(C)C3=O. The number of hydrogen-bond donors (Lipinski definition) is 0. The summed E-state index contributed by atoms with van der Waals surface area (Å²) in [6, 6.07) is 4.71. The summed E-state index contributed by atoms with van der Waals surface area (Å²) in [7, 11) is 5.72. The lowest BCUT2D eigenvalue weighted by Gasteiger charge is -2.57. The Labute approximate surface area is 175 Å². The average molecular weight is 437 g/mol. The molecule has 8 nitrogen and oxygen atoms in total. The predicted octanol–water partition coefficient (Wildman–Crippen LogP) is 2.15. The Morgan fingerprint density at radius 2 is 1.90 bits per heavy atom. The summed E-state index contributed by atoms with van der Waals surface area (Å²) in [5, 5.41) is 0. The number of ether oxygens (including phenoxy) is 3. The number of fused-ring (bicyclic) bond motifs is 3. The molecule has 4 fully saturated rings. The van der Waals surface area contributed by atoms with E-state index in [9.17, 15) is 14.4 Å². The Kier molecular flexibility index (Phi) is 3.75. The Hall–Kier alpha value is -2.07. The molecule has 4 atom stereocenters. The minimum Gasteiger partial charge on any atom is -0.469 e. The Bertz CT molecular complexity index is 972. The van der Waals surface area contributed by atoms with Gasteiger partial charge in [-0.3, -0.25) is 14.4 Å². The van der Waals surface area contributed by atoms with Crippen molar-refractivity contribution in [1.29, 1.82) is 0 Å². The number of benzene rings is 1. The van der Waals surface area contributed by atoms with E-state index in [0.717, 1.165) is 0 Å². The van der Waals surface area contributed by atoms with Gasteiger partial charge in [-0.05, 0) is 31.5 Å². The van der Waals surface area contributed by atoms with Crippen LogP contribution in [-0.4, -0.2) is 58.3 Å². The molecule has 5 aliphatic rings. The van der Waals surface area contributed by atoms with E-state index < -0.39 is 27.2 Å². The molecule has 5 aliphatic heterocycles. The number of rotatable bonds is 2. The van der Waals surface area contributed by atoms with E-state index >= 15 is 0 Å². The Morgan fingerprint density at radius 1 is 1.17 bits per heavy atom. The van der Waals surface area contributed by atoms with Gasteiger partial charge in [-0.2, -0.15) is 0 Å². The average Bonchev–Trinajstić information content (AvgIpc) is 3.28. The van der Waals surface area contributed by atoms with Crippen LogP contribution in [0.25, 0.3) is 0 Å². The van der Waals surface area contributed by atoms with Gasteiger partial charge in [0.15, 0.2) is 21.2 Å². The monoisotopic (exact) mass is 436 g/mol. The van der Waals surface area contributed by atoms with Crippen molar-refractivity contribution in [2.24, 2.45) is 5.41 Å². The first-order chi connectivity index (χ1) is 13.7. The molecule has 0 saturated carbocycles. The molecule has 10 heteroatoms. The smallest absolute Gasteiger partial charge is 0.314 e. The minimum absolute atomic E-state index is 0.123. The number of esters is 1. The van der Waals surface area contributed by atoms with Gasteiger partial charge in [-0.25, -0.2) is 0 Å². The van der Waals surface area contributed by atoms with Crippen molar-refractivity contribution in [2.45, 2.75) is 36.1 Å². The normalized spacial score (nSPS) is 37.2. The van der Waals surface area contributed by atoms with Crippen LogP contribution in [0.4, 0.5) is 0 Å². The van der Waals surface area contributed by atoms with Crippen LogP contribution < -0.4 is 9.47 Å². The number of carbonyl (C=O) groups excluding carboxylic acids is 3. The van der Waals surface area contributed by atoms with Crippen LogP contribution in [0.15, 0.2) is 18.2 Å². The molecule has 2 amide bonds. The van der Waals surface area contributed by atoms with E-state index in [4.69, 9.17) is 14.2 Å². The predicted molar refractivity (Wildman–Crippen MR) is 106 cm³/mol. The van der Waals surface area contributed by atoms with Crippen LogP contribution in [0.5, 0.6) is 11.5 Å². The summed E-state index contributed by atoms with van der Waals surface area (Å²) in [4.78, 5) is 41.0. The summed E-state index contributed by atoms with van der Waals surface area (Å²) in [5.74, 6) is 0.370. The van der Waals surface area contributed by atoms with Crippen molar-refractivity contribution in [3.63, 3.8) is 0 Å². The van der Waals surface area contributed by atoms with E-state index in [1.54, 1.807) is 37.9 Å². The third kappa shape index (κ3) is 2.11. The van der Waals surface area contributed by atoms with Crippen LogP contribution in [0.2, 0.25) is 0 Å². The van der Waals surface area contributed by atoms with Gasteiger partial charge < -0.3 is 24.0 Å². The van der Waals surface area contributed by atoms with Crippen molar-refractivity contribution in [1.82, 2.24) is 9.80 Å². The first kappa shape index (κ1) is 18.9. The molecule has 1 spiro atoms. The van der Waals surface area contributed by atoms with Gasteiger partial charge in [0.05, 0.1) is 18.6 Å². The van der Waals surface area contributed by atoms with Gasteiger partial charge in [-0.15, -0.1) is 0 Å². The molecule has 0 aromatic heterocycles. The molecule has 0 radical (unpaired) electrons. The number of likely N-dealkylation sites (N-methyl/N-ethyl adjacent to an activating group) is 1. The lowest BCUT2D eigenvalue weighted by molar-refractivity contribution is -0.165. The fraction of sp³-hybridized carbons (Fsp3) is 0.526. The molecule has 1 aromatic rings. The topological polar surface area (TPSA) is 85.4 Å². The maximum absolute atomic E-state index is 13.6. The second-order valence-electron chi connectivity index (χ2n) is 8.07. The van der Waals surface area contributed by atoms with Crippen LogP contribution in [-0.2, 0) is 19.1 Å². The van der Waals surface area contributed by atoms with Crippen molar-refractivity contribution in [3.05, 3.63) is 23.8 Å². The van der Waals surface area contributed by atoms with Crippen LogP contribution >= 0.6 is 21.6 Å². The van der Waals surface area contributed by atoms with Gasteiger partial charge in [0.1, 0.15) is 0 Å². The first-order valence-electron chi connectivity index (χ1n) is 9.16. The van der Waals surface area contributed by atoms with E-state index in [1.165, 1.54) is 33.6 Å². The van der Waals surface area contributed by atoms with E-state index in [1.807, 2.05) is 6.07 Å². The Morgan fingerprint density at radius 3 is 2.62 bits per heavy atom. The zero-order chi connectivity index (χ0) is 20.8. The number of methoxy groups -OCH3 is 1. The first-order valence-corrected chi connectivity index (χ1v) is 11.3. The molecular weight excluding hydrogens is 416 g/mol. The second kappa shape index (κ2) is 5.75. The van der Waals surface area contributed by atoms with Crippen molar-refractivity contribution in [2.75, 3.05) is 21.0 Å².